The van der Waals surface area contributed by atoms with Gasteiger partial charge in [0.15, 0.2) is 0 Å². The summed E-state index contributed by atoms with van der Waals surface area (Å²) < 4.78 is 10.9. The Hall–Kier alpha value is -3.12. The second-order valence-electron chi connectivity index (χ2n) is 7.02. The van der Waals surface area contributed by atoms with Gasteiger partial charge in [0.25, 0.3) is 11.7 Å². The quantitative estimate of drug-likeness (QED) is 0.441. The standard InChI is InChI=1S/C23H25NO5/c1-15(2)29-14-13-24-20(16-9-5-4-6-10-16)19(22(26)23(24)27)21(25)17-11-7-8-12-18(17)28-3/h4-12,15,20,25H,13-14H2,1-3H3/b21-19-. The number of hydrogen-bond donors (Lipinski definition) is 1. The molecule has 3 rings (SSSR count). The lowest BCUT2D eigenvalue weighted by Crippen LogP contribution is -2.33. The summed E-state index contributed by atoms with van der Waals surface area (Å²) in [6.45, 7) is 4.35. The normalized spacial score (nSPS) is 18.5. The minimum atomic E-state index is -0.716. The van der Waals surface area contributed by atoms with Crippen LogP contribution in [-0.2, 0) is 14.3 Å². The van der Waals surface area contributed by atoms with Gasteiger partial charge < -0.3 is 19.5 Å². The molecule has 6 heteroatoms. The average Bonchev–Trinajstić information content (AvgIpc) is 2.98. The van der Waals surface area contributed by atoms with Crippen LogP contribution in [0.15, 0.2) is 60.2 Å². The number of nitrogens with zero attached hydrogens (tertiary/aromatic N) is 1. The fraction of sp³-hybridized carbons (Fsp3) is 0.304. The number of carbonyl (C=O) groups excluding carboxylic acids is 2. The molecule has 0 aliphatic carbocycles. The predicted molar refractivity (Wildman–Crippen MR) is 110 cm³/mol. The molecule has 0 spiro atoms. The van der Waals surface area contributed by atoms with Gasteiger partial charge in [-0.1, -0.05) is 42.5 Å². The van der Waals surface area contributed by atoms with Crippen molar-refractivity contribution >= 4 is 17.4 Å². The highest BCUT2D eigenvalue weighted by atomic mass is 16.5. The van der Waals surface area contributed by atoms with Crippen molar-refractivity contribution in [3.63, 3.8) is 0 Å². The summed E-state index contributed by atoms with van der Waals surface area (Å²) in [5, 5.41) is 11.1. The number of ketones is 1. The number of aliphatic hydroxyl groups is 1. The number of benzene rings is 2. The average molecular weight is 395 g/mol. The largest absolute Gasteiger partial charge is 0.507 e. The highest BCUT2D eigenvalue weighted by molar-refractivity contribution is 6.46. The molecular weight excluding hydrogens is 370 g/mol. The van der Waals surface area contributed by atoms with Crippen molar-refractivity contribution in [2.24, 2.45) is 0 Å². The van der Waals surface area contributed by atoms with Crippen LogP contribution in [0, 0.1) is 0 Å². The van der Waals surface area contributed by atoms with Crippen molar-refractivity contribution in [3.05, 3.63) is 71.3 Å². The summed E-state index contributed by atoms with van der Waals surface area (Å²) in [5.74, 6) is -1.19. The molecule has 29 heavy (non-hydrogen) atoms. The van der Waals surface area contributed by atoms with Crippen molar-refractivity contribution in [2.75, 3.05) is 20.3 Å². The minimum absolute atomic E-state index is 0.00979. The Morgan fingerprint density at radius 1 is 1.07 bits per heavy atom. The van der Waals surface area contributed by atoms with Crippen LogP contribution >= 0.6 is 0 Å². The summed E-state index contributed by atoms with van der Waals surface area (Å²) in [7, 11) is 1.49. The van der Waals surface area contributed by atoms with Crippen LogP contribution in [0.3, 0.4) is 0 Å². The molecular formula is C23H25NO5. The molecule has 2 aromatic carbocycles. The van der Waals surface area contributed by atoms with Gasteiger partial charge in [0.2, 0.25) is 0 Å². The topological polar surface area (TPSA) is 76.1 Å². The number of ether oxygens (including phenoxy) is 2. The third-order valence-corrected chi connectivity index (χ3v) is 4.80. The molecule has 1 atom stereocenters. The Labute approximate surface area is 170 Å². The number of likely N-dealkylation sites (tertiary alicyclic amines) is 1. The molecule has 0 radical (unpaired) electrons. The lowest BCUT2D eigenvalue weighted by molar-refractivity contribution is -0.140. The fourth-order valence-electron chi connectivity index (χ4n) is 3.46. The molecule has 152 valence electrons. The summed E-state index contributed by atoms with van der Waals surface area (Å²) in [4.78, 5) is 27.2. The number of Topliss-reactive ketones (excluding diaryl/α,β-unsaturated/α-hetero) is 1. The summed E-state index contributed by atoms with van der Waals surface area (Å²) in [5.41, 5.74) is 1.16. The SMILES string of the molecule is COc1ccccc1/C(O)=C1/C(=O)C(=O)N(CCOC(C)C)C1c1ccccc1. The van der Waals surface area contributed by atoms with Gasteiger partial charge in [-0.2, -0.15) is 0 Å². The van der Waals surface area contributed by atoms with E-state index in [1.165, 1.54) is 12.0 Å². The van der Waals surface area contributed by atoms with E-state index in [1.54, 1.807) is 24.3 Å². The van der Waals surface area contributed by atoms with Gasteiger partial charge in [-0.05, 0) is 31.5 Å². The van der Waals surface area contributed by atoms with E-state index in [-0.39, 0.29) is 24.0 Å². The van der Waals surface area contributed by atoms with Crippen molar-refractivity contribution in [2.45, 2.75) is 26.0 Å². The Morgan fingerprint density at radius 2 is 1.72 bits per heavy atom. The second kappa shape index (κ2) is 8.92. The Morgan fingerprint density at radius 3 is 2.38 bits per heavy atom. The molecule has 6 nitrogen and oxygen atoms in total. The molecule has 1 saturated heterocycles. The summed E-state index contributed by atoms with van der Waals surface area (Å²) in [6.07, 6.45) is 0.00979. The highest BCUT2D eigenvalue weighted by Crippen LogP contribution is 2.40. The monoisotopic (exact) mass is 395 g/mol. The fourth-order valence-corrected chi connectivity index (χ4v) is 3.46. The molecule has 1 fully saturated rings. The maximum atomic E-state index is 12.9. The number of amides is 1. The molecule has 0 aromatic heterocycles. The molecule has 0 saturated carbocycles. The third-order valence-electron chi connectivity index (χ3n) is 4.80. The van der Waals surface area contributed by atoms with Crippen LogP contribution in [0.4, 0.5) is 0 Å². The maximum Gasteiger partial charge on any atom is 0.295 e. The van der Waals surface area contributed by atoms with Crippen molar-refractivity contribution in [1.82, 2.24) is 4.90 Å². The van der Waals surface area contributed by atoms with Crippen LogP contribution in [0.5, 0.6) is 5.75 Å². The van der Waals surface area contributed by atoms with Crippen LogP contribution in [0.25, 0.3) is 5.76 Å². The molecule has 0 bridgehead atoms. The first-order valence-electron chi connectivity index (χ1n) is 9.54. The van der Waals surface area contributed by atoms with Crippen LogP contribution in [0.2, 0.25) is 0 Å². The zero-order valence-corrected chi connectivity index (χ0v) is 16.8. The van der Waals surface area contributed by atoms with Gasteiger partial charge in [0, 0.05) is 6.54 Å². The zero-order chi connectivity index (χ0) is 21.0. The summed E-state index contributed by atoms with van der Waals surface area (Å²) in [6, 6.07) is 15.4. The van der Waals surface area contributed by atoms with Gasteiger partial charge >= 0.3 is 0 Å². The van der Waals surface area contributed by atoms with Crippen LogP contribution in [0.1, 0.15) is 31.0 Å². The smallest absolute Gasteiger partial charge is 0.295 e. The number of methoxy groups -OCH3 is 1. The van der Waals surface area contributed by atoms with E-state index in [1.807, 2.05) is 44.2 Å². The van der Waals surface area contributed by atoms with Gasteiger partial charge in [0.05, 0.1) is 37.0 Å². The minimum Gasteiger partial charge on any atom is -0.507 e. The van der Waals surface area contributed by atoms with E-state index in [0.717, 1.165) is 5.56 Å². The number of para-hydroxylation sites is 1. The maximum absolute atomic E-state index is 12.9. The molecule has 1 amide bonds. The lowest BCUT2D eigenvalue weighted by Gasteiger charge is -2.25. The van der Waals surface area contributed by atoms with Gasteiger partial charge in [-0.25, -0.2) is 0 Å². The number of rotatable bonds is 7. The highest BCUT2D eigenvalue weighted by Gasteiger charge is 2.46. The summed E-state index contributed by atoms with van der Waals surface area (Å²) >= 11 is 0. The first-order valence-corrected chi connectivity index (χ1v) is 9.54. The van der Waals surface area contributed by atoms with E-state index in [0.29, 0.717) is 17.9 Å². The van der Waals surface area contributed by atoms with E-state index in [4.69, 9.17) is 9.47 Å². The van der Waals surface area contributed by atoms with E-state index < -0.39 is 17.7 Å². The number of aliphatic hydroxyl groups excluding tert-OH is 1. The second-order valence-corrected chi connectivity index (χ2v) is 7.02. The van der Waals surface area contributed by atoms with Gasteiger partial charge in [-0.15, -0.1) is 0 Å². The molecule has 2 aromatic rings. The predicted octanol–water partition coefficient (Wildman–Crippen LogP) is 3.54. The van der Waals surface area contributed by atoms with Crippen molar-refractivity contribution in [3.8, 4) is 5.75 Å². The molecule has 1 aliphatic rings. The number of hydrogen-bond acceptors (Lipinski definition) is 5. The van der Waals surface area contributed by atoms with Gasteiger partial charge in [0.1, 0.15) is 11.5 Å². The Balaban J connectivity index is 2.11. The zero-order valence-electron chi connectivity index (χ0n) is 16.8. The molecule has 1 unspecified atom stereocenters. The molecule has 1 aliphatic heterocycles. The van der Waals surface area contributed by atoms with E-state index in [9.17, 15) is 14.7 Å². The third kappa shape index (κ3) is 4.17. The van der Waals surface area contributed by atoms with Crippen molar-refractivity contribution in [1.29, 1.82) is 0 Å². The van der Waals surface area contributed by atoms with E-state index in [2.05, 4.69) is 0 Å². The Bertz CT molecular complexity index is 920. The number of carbonyl (C=O) groups is 2. The van der Waals surface area contributed by atoms with Crippen LogP contribution < -0.4 is 4.74 Å². The first kappa shape index (κ1) is 20.6. The van der Waals surface area contributed by atoms with Gasteiger partial charge in [-0.3, -0.25) is 9.59 Å². The first-order chi connectivity index (χ1) is 14.0. The molecule has 1 N–H and O–H groups in total. The Kier molecular flexibility index (Phi) is 6.34. The lowest BCUT2D eigenvalue weighted by atomic mass is 9.95. The molecule has 1 heterocycles. The van der Waals surface area contributed by atoms with Crippen LogP contribution in [-0.4, -0.2) is 48.1 Å². The van der Waals surface area contributed by atoms with Crippen molar-refractivity contribution < 1.29 is 24.2 Å². The van der Waals surface area contributed by atoms with E-state index >= 15 is 0 Å².